The first-order valence-corrected chi connectivity index (χ1v) is 5.10. The number of carbonyl (C=O) groups is 2. The fraction of sp³-hybridized carbons (Fsp3) is 0.800. The summed E-state index contributed by atoms with van der Waals surface area (Å²) in [6.45, 7) is 8.21. The largest absolute Gasteiger partial charge is 0.480 e. The van der Waals surface area contributed by atoms with Gasteiger partial charge in [-0.2, -0.15) is 0 Å². The van der Waals surface area contributed by atoms with Crippen molar-refractivity contribution in [1.82, 2.24) is 9.80 Å². The van der Waals surface area contributed by atoms with Crippen LogP contribution in [0.15, 0.2) is 0 Å². The van der Waals surface area contributed by atoms with Crippen LogP contribution in [0.1, 0.15) is 27.7 Å². The molecule has 1 fully saturated rings. The molecule has 1 heterocycles. The van der Waals surface area contributed by atoms with E-state index in [2.05, 4.69) is 0 Å². The Morgan fingerprint density at radius 1 is 1.53 bits per heavy atom. The number of amides is 2. The number of carboxylic acid groups (broad SMARTS) is 1. The van der Waals surface area contributed by atoms with Gasteiger partial charge in [-0.05, 0) is 27.7 Å². The second-order valence-electron chi connectivity index (χ2n) is 4.70. The number of rotatable bonds is 2. The van der Waals surface area contributed by atoms with Crippen molar-refractivity contribution in [3.05, 3.63) is 0 Å². The van der Waals surface area contributed by atoms with Gasteiger partial charge in [-0.1, -0.05) is 0 Å². The average Bonchev–Trinajstić information content (AvgIpc) is 2.41. The lowest BCUT2D eigenvalue weighted by atomic mass is 10.1. The minimum absolute atomic E-state index is 0.183. The Morgan fingerprint density at radius 3 is 2.33 bits per heavy atom. The van der Waals surface area contributed by atoms with E-state index in [1.807, 2.05) is 20.8 Å². The lowest BCUT2D eigenvalue weighted by Gasteiger charge is -2.31. The Morgan fingerprint density at radius 2 is 2.07 bits per heavy atom. The molecular weight excluding hydrogens is 196 g/mol. The zero-order valence-electron chi connectivity index (χ0n) is 9.65. The van der Waals surface area contributed by atoms with E-state index >= 15 is 0 Å². The second-order valence-corrected chi connectivity index (χ2v) is 4.70. The Labute approximate surface area is 89.7 Å². The molecule has 1 aliphatic heterocycles. The fourth-order valence-corrected chi connectivity index (χ4v) is 1.77. The smallest absolute Gasteiger partial charge is 0.328 e. The van der Waals surface area contributed by atoms with Crippen LogP contribution in [0.4, 0.5) is 4.79 Å². The summed E-state index contributed by atoms with van der Waals surface area (Å²) in [7, 11) is 0. The summed E-state index contributed by atoms with van der Waals surface area (Å²) >= 11 is 0. The van der Waals surface area contributed by atoms with Crippen molar-refractivity contribution in [2.45, 2.75) is 39.3 Å². The predicted octanol–water partition coefficient (Wildman–Crippen LogP) is 0.996. The molecule has 5 nitrogen and oxygen atoms in total. The highest BCUT2D eigenvalue weighted by Gasteiger charge is 2.44. The van der Waals surface area contributed by atoms with E-state index in [9.17, 15) is 9.59 Å². The number of hydrogen-bond donors (Lipinski definition) is 1. The number of carbonyl (C=O) groups excluding carboxylic acids is 1. The van der Waals surface area contributed by atoms with Crippen LogP contribution in [0.3, 0.4) is 0 Å². The van der Waals surface area contributed by atoms with Crippen molar-refractivity contribution in [2.24, 2.45) is 0 Å². The molecule has 1 rings (SSSR count). The third kappa shape index (κ3) is 2.06. The Hall–Kier alpha value is -1.26. The van der Waals surface area contributed by atoms with Crippen molar-refractivity contribution < 1.29 is 14.7 Å². The Balaban J connectivity index is 2.93. The molecular formula is C10H18N2O3. The van der Waals surface area contributed by atoms with Crippen molar-refractivity contribution in [2.75, 3.05) is 13.1 Å². The van der Waals surface area contributed by atoms with Crippen LogP contribution in [0, 0.1) is 0 Å². The Bertz CT molecular complexity index is 283. The molecule has 1 unspecified atom stereocenters. The first-order valence-electron chi connectivity index (χ1n) is 5.10. The molecule has 15 heavy (non-hydrogen) atoms. The molecule has 1 N–H and O–H groups in total. The number of carboxylic acids is 1. The van der Waals surface area contributed by atoms with Crippen molar-refractivity contribution in [3.8, 4) is 0 Å². The highest BCUT2D eigenvalue weighted by Crippen LogP contribution is 2.24. The first-order chi connectivity index (χ1) is 6.79. The van der Waals surface area contributed by atoms with E-state index in [0.29, 0.717) is 6.54 Å². The number of hydrogen-bond acceptors (Lipinski definition) is 2. The summed E-state index contributed by atoms with van der Waals surface area (Å²) in [4.78, 5) is 25.9. The van der Waals surface area contributed by atoms with Crippen molar-refractivity contribution in [3.63, 3.8) is 0 Å². The molecule has 0 aliphatic carbocycles. The SMILES string of the molecule is CCN1C(=O)N(C(C)(C)C)CC1C(=O)O. The summed E-state index contributed by atoms with van der Waals surface area (Å²) in [5, 5.41) is 9.00. The molecule has 5 heteroatoms. The van der Waals surface area contributed by atoms with Crippen LogP contribution < -0.4 is 0 Å². The summed E-state index contributed by atoms with van der Waals surface area (Å²) < 4.78 is 0. The maximum absolute atomic E-state index is 11.9. The molecule has 1 saturated heterocycles. The zero-order chi connectivity index (χ0) is 11.8. The summed E-state index contributed by atoms with van der Waals surface area (Å²) in [5.74, 6) is -0.933. The normalized spacial score (nSPS) is 22.4. The fourth-order valence-electron chi connectivity index (χ4n) is 1.77. The maximum atomic E-state index is 11.9. The standard InChI is InChI=1S/C10H18N2O3/c1-5-11-7(8(13)14)6-12(9(11)15)10(2,3)4/h7H,5-6H2,1-4H3,(H,13,14). The minimum atomic E-state index is -0.933. The molecule has 0 bridgehead atoms. The number of nitrogens with zero attached hydrogens (tertiary/aromatic N) is 2. The van der Waals surface area contributed by atoms with Gasteiger partial charge in [-0.3, -0.25) is 0 Å². The molecule has 2 amide bonds. The quantitative estimate of drug-likeness (QED) is 0.745. The number of aliphatic carboxylic acids is 1. The monoisotopic (exact) mass is 214 g/mol. The van der Waals surface area contributed by atoms with Gasteiger partial charge in [0, 0.05) is 12.1 Å². The molecule has 0 saturated carbocycles. The van der Waals surface area contributed by atoms with Crippen LogP contribution in [0.25, 0.3) is 0 Å². The molecule has 0 aromatic carbocycles. The lowest BCUT2D eigenvalue weighted by molar-refractivity contribution is -0.141. The molecule has 0 radical (unpaired) electrons. The molecule has 0 aromatic heterocycles. The molecule has 86 valence electrons. The third-order valence-electron chi connectivity index (χ3n) is 2.64. The molecule has 1 aliphatic rings. The first kappa shape index (κ1) is 11.8. The number of urea groups is 1. The summed E-state index contributed by atoms with van der Waals surface area (Å²) in [5.41, 5.74) is -0.325. The highest BCUT2D eigenvalue weighted by molar-refractivity contribution is 5.87. The van der Waals surface area contributed by atoms with E-state index < -0.39 is 12.0 Å². The third-order valence-corrected chi connectivity index (χ3v) is 2.64. The zero-order valence-corrected chi connectivity index (χ0v) is 9.65. The van der Waals surface area contributed by atoms with Crippen molar-refractivity contribution in [1.29, 1.82) is 0 Å². The van der Waals surface area contributed by atoms with Crippen LogP contribution in [-0.4, -0.2) is 51.6 Å². The topological polar surface area (TPSA) is 60.9 Å². The van der Waals surface area contributed by atoms with E-state index in [4.69, 9.17) is 5.11 Å². The van der Waals surface area contributed by atoms with Gasteiger partial charge in [-0.25, -0.2) is 9.59 Å². The van der Waals surface area contributed by atoms with Gasteiger partial charge in [0.2, 0.25) is 0 Å². The lowest BCUT2D eigenvalue weighted by Crippen LogP contribution is -2.44. The van der Waals surface area contributed by atoms with E-state index in [1.165, 1.54) is 4.90 Å². The minimum Gasteiger partial charge on any atom is -0.480 e. The van der Waals surface area contributed by atoms with Gasteiger partial charge in [0.25, 0.3) is 0 Å². The highest BCUT2D eigenvalue weighted by atomic mass is 16.4. The van der Waals surface area contributed by atoms with Gasteiger partial charge in [0.1, 0.15) is 6.04 Å². The van der Waals surface area contributed by atoms with Crippen LogP contribution in [0.2, 0.25) is 0 Å². The predicted molar refractivity (Wildman–Crippen MR) is 55.7 cm³/mol. The Kier molecular flexibility index (Phi) is 2.93. The van der Waals surface area contributed by atoms with Gasteiger partial charge < -0.3 is 14.9 Å². The second kappa shape index (κ2) is 3.72. The summed E-state index contributed by atoms with van der Waals surface area (Å²) in [6.07, 6.45) is 0. The van der Waals surface area contributed by atoms with E-state index in [1.54, 1.807) is 11.8 Å². The molecule has 1 atom stereocenters. The number of likely N-dealkylation sites (N-methyl/N-ethyl adjacent to an activating group) is 1. The van der Waals surface area contributed by atoms with Gasteiger partial charge in [0.15, 0.2) is 0 Å². The van der Waals surface area contributed by atoms with Crippen LogP contribution in [-0.2, 0) is 4.79 Å². The van der Waals surface area contributed by atoms with Gasteiger partial charge >= 0.3 is 12.0 Å². The summed E-state index contributed by atoms with van der Waals surface area (Å²) in [6, 6.07) is -0.890. The van der Waals surface area contributed by atoms with Crippen molar-refractivity contribution >= 4 is 12.0 Å². The molecule has 0 aromatic rings. The van der Waals surface area contributed by atoms with Gasteiger partial charge in [-0.15, -0.1) is 0 Å². The van der Waals surface area contributed by atoms with Gasteiger partial charge in [0.05, 0.1) is 6.54 Å². The average molecular weight is 214 g/mol. The van der Waals surface area contributed by atoms with E-state index in [-0.39, 0.29) is 18.1 Å². The maximum Gasteiger partial charge on any atom is 0.328 e. The van der Waals surface area contributed by atoms with Crippen LogP contribution >= 0.6 is 0 Å². The molecule has 0 spiro atoms. The van der Waals surface area contributed by atoms with E-state index in [0.717, 1.165) is 0 Å². The van der Waals surface area contributed by atoms with Crippen LogP contribution in [0.5, 0.6) is 0 Å².